The van der Waals surface area contributed by atoms with Gasteiger partial charge in [-0.1, -0.05) is 54.1 Å². The lowest BCUT2D eigenvalue weighted by molar-refractivity contribution is 0.0784. The fraction of sp³-hybridized carbons (Fsp3) is 0.172. The van der Waals surface area contributed by atoms with E-state index in [1.165, 1.54) is 11.3 Å². The summed E-state index contributed by atoms with van der Waals surface area (Å²) in [5.41, 5.74) is 4.21. The second-order valence-electron chi connectivity index (χ2n) is 8.69. The van der Waals surface area contributed by atoms with Crippen molar-refractivity contribution in [2.45, 2.75) is 26.6 Å². The number of thiazole rings is 1. The molecule has 0 aliphatic carbocycles. The van der Waals surface area contributed by atoms with Crippen LogP contribution in [0.15, 0.2) is 88.9 Å². The van der Waals surface area contributed by atoms with E-state index in [1.54, 1.807) is 17.2 Å². The van der Waals surface area contributed by atoms with Crippen LogP contribution in [0, 0.1) is 6.92 Å². The molecule has 0 aliphatic rings. The highest BCUT2D eigenvalue weighted by Crippen LogP contribution is 2.30. The van der Waals surface area contributed by atoms with Crippen LogP contribution in [0.25, 0.3) is 11.4 Å². The number of hydrogen-bond donors (Lipinski definition) is 0. The molecule has 0 radical (unpaired) electrons. The molecule has 3 heterocycles. The fourth-order valence-corrected chi connectivity index (χ4v) is 5.06. The lowest BCUT2D eigenvalue weighted by Crippen LogP contribution is -2.26. The minimum atomic E-state index is -0.0432. The minimum Gasteiger partial charge on any atom is -0.485 e. The number of ether oxygens (including phenoxy) is 1. The summed E-state index contributed by atoms with van der Waals surface area (Å²) in [5, 5.41) is 3.36. The van der Waals surface area contributed by atoms with Crippen molar-refractivity contribution in [1.82, 2.24) is 14.5 Å². The normalized spacial score (nSPS) is 11.0. The zero-order valence-electron chi connectivity index (χ0n) is 20.6. The van der Waals surface area contributed by atoms with Crippen molar-refractivity contribution in [3.8, 4) is 17.1 Å². The molecule has 5 aromatic rings. The molecule has 6 nitrogen and oxygen atoms in total. The quantitative estimate of drug-likeness (QED) is 0.204. The van der Waals surface area contributed by atoms with E-state index < -0.39 is 0 Å². The average Bonchev–Trinajstić information content (AvgIpc) is 3.66. The van der Waals surface area contributed by atoms with E-state index in [4.69, 9.17) is 25.7 Å². The fourth-order valence-electron chi connectivity index (χ4n) is 4.17. The first-order chi connectivity index (χ1) is 18.0. The molecule has 5 rings (SSSR count). The third-order valence-corrected chi connectivity index (χ3v) is 7.24. The molecule has 0 bridgehead atoms. The summed E-state index contributed by atoms with van der Waals surface area (Å²) in [4.78, 5) is 20.1. The largest absolute Gasteiger partial charge is 0.485 e. The number of furan rings is 1. The third-order valence-electron chi connectivity index (χ3n) is 6.10. The number of halogens is 1. The van der Waals surface area contributed by atoms with Gasteiger partial charge in [0.2, 0.25) is 0 Å². The molecule has 0 atom stereocenters. The molecule has 37 heavy (non-hydrogen) atoms. The summed E-state index contributed by atoms with van der Waals surface area (Å²) in [7, 11) is 1.82. The van der Waals surface area contributed by atoms with Gasteiger partial charge in [-0.15, -0.1) is 11.3 Å². The highest BCUT2D eigenvalue weighted by atomic mass is 35.5. The number of hydrogen-bond acceptors (Lipinski definition) is 5. The van der Waals surface area contributed by atoms with E-state index in [-0.39, 0.29) is 5.91 Å². The maximum atomic E-state index is 13.5. The van der Waals surface area contributed by atoms with Gasteiger partial charge in [-0.2, -0.15) is 0 Å². The van der Waals surface area contributed by atoms with Gasteiger partial charge < -0.3 is 18.6 Å². The van der Waals surface area contributed by atoms with Crippen LogP contribution in [0.2, 0.25) is 5.02 Å². The Morgan fingerprint density at radius 3 is 2.65 bits per heavy atom. The molecule has 0 saturated carbocycles. The Labute approximate surface area is 224 Å². The van der Waals surface area contributed by atoms with Gasteiger partial charge in [0, 0.05) is 24.7 Å². The van der Waals surface area contributed by atoms with E-state index >= 15 is 0 Å². The smallest absolute Gasteiger partial charge is 0.255 e. The van der Waals surface area contributed by atoms with Crippen LogP contribution >= 0.6 is 22.9 Å². The second kappa shape index (κ2) is 11.1. The van der Waals surface area contributed by atoms with Crippen LogP contribution in [0.4, 0.5) is 0 Å². The van der Waals surface area contributed by atoms with Crippen molar-refractivity contribution in [3.05, 3.63) is 117 Å². The molecule has 1 amide bonds. The maximum absolute atomic E-state index is 13.5. The molecule has 0 unspecified atom stereocenters. The summed E-state index contributed by atoms with van der Waals surface area (Å²) in [6.45, 7) is 3.28. The van der Waals surface area contributed by atoms with Gasteiger partial charge in [-0.05, 0) is 42.8 Å². The van der Waals surface area contributed by atoms with Crippen molar-refractivity contribution in [2.75, 3.05) is 7.05 Å². The van der Waals surface area contributed by atoms with Crippen molar-refractivity contribution < 1.29 is 13.9 Å². The SMILES string of the molecule is Cc1c(C(=O)N(C)Cc2ccccc2)cc(-c2csc(COc3ccccc3Cl)n2)n1Cc1ccco1. The topological polar surface area (TPSA) is 60.5 Å². The van der Waals surface area contributed by atoms with Gasteiger partial charge in [0.1, 0.15) is 23.1 Å². The molecule has 188 valence electrons. The van der Waals surface area contributed by atoms with Crippen molar-refractivity contribution in [3.63, 3.8) is 0 Å². The molecular formula is C29H26ClN3O3S. The predicted molar refractivity (Wildman–Crippen MR) is 146 cm³/mol. The molecule has 0 aliphatic heterocycles. The summed E-state index contributed by atoms with van der Waals surface area (Å²) in [6.07, 6.45) is 1.65. The lowest BCUT2D eigenvalue weighted by atomic mass is 10.1. The van der Waals surface area contributed by atoms with E-state index in [0.717, 1.165) is 33.4 Å². The highest BCUT2D eigenvalue weighted by Gasteiger charge is 2.23. The average molecular weight is 532 g/mol. The van der Waals surface area contributed by atoms with Crippen LogP contribution in [-0.4, -0.2) is 27.4 Å². The lowest BCUT2D eigenvalue weighted by Gasteiger charge is -2.17. The van der Waals surface area contributed by atoms with Crippen molar-refractivity contribution >= 4 is 28.8 Å². The molecule has 2 aromatic carbocycles. The zero-order valence-corrected chi connectivity index (χ0v) is 22.1. The Balaban J connectivity index is 1.42. The Kier molecular flexibility index (Phi) is 7.44. The van der Waals surface area contributed by atoms with Gasteiger partial charge in [-0.3, -0.25) is 4.79 Å². The summed E-state index contributed by atoms with van der Waals surface area (Å²) in [5.74, 6) is 1.37. The Bertz CT molecular complexity index is 1490. The van der Waals surface area contributed by atoms with Gasteiger partial charge in [-0.25, -0.2) is 4.98 Å². The molecular weight excluding hydrogens is 506 g/mol. The number of amides is 1. The van der Waals surface area contributed by atoms with Gasteiger partial charge in [0.05, 0.1) is 34.8 Å². The van der Waals surface area contributed by atoms with E-state index in [0.29, 0.717) is 36.0 Å². The molecule has 0 fully saturated rings. The Morgan fingerprint density at radius 1 is 1.11 bits per heavy atom. The predicted octanol–water partition coefficient (Wildman–Crippen LogP) is 7.07. The molecule has 0 saturated heterocycles. The number of benzene rings is 2. The molecule has 8 heteroatoms. The number of carbonyl (C=O) groups excluding carboxylic acids is 1. The maximum Gasteiger partial charge on any atom is 0.255 e. The Hall–Kier alpha value is -3.81. The van der Waals surface area contributed by atoms with Gasteiger partial charge >= 0.3 is 0 Å². The number of nitrogens with zero attached hydrogens (tertiary/aromatic N) is 3. The summed E-state index contributed by atoms with van der Waals surface area (Å²) >= 11 is 7.72. The number of carbonyl (C=O) groups is 1. The van der Waals surface area contributed by atoms with E-state index in [9.17, 15) is 4.79 Å². The van der Waals surface area contributed by atoms with Crippen LogP contribution in [-0.2, 0) is 19.7 Å². The minimum absolute atomic E-state index is 0.0432. The van der Waals surface area contributed by atoms with Crippen LogP contribution in [0.5, 0.6) is 5.75 Å². The first-order valence-corrected chi connectivity index (χ1v) is 13.1. The van der Waals surface area contributed by atoms with Gasteiger partial charge in [0.25, 0.3) is 5.91 Å². The van der Waals surface area contributed by atoms with Crippen molar-refractivity contribution in [1.29, 1.82) is 0 Å². The van der Waals surface area contributed by atoms with Crippen LogP contribution < -0.4 is 4.74 Å². The summed E-state index contributed by atoms with van der Waals surface area (Å²) in [6, 6.07) is 23.1. The number of aromatic nitrogens is 2. The van der Waals surface area contributed by atoms with E-state index in [2.05, 4.69) is 4.57 Å². The standard InChI is InChI=1S/C29H26ClN3O3S/c1-20-23(29(34)32(2)16-21-9-4-3-5-10-21)15-26(33(20)17-22-11-8-14-35-22)25-19-37-28(31-25)18-36-27-13-7-6-12-24(27)30/h3-15,19H,16-18H2,1-2H3. The number of rotatable bonds is 9. The summed E-state index contributed by atoms with van der Waals surface area (Å²) < 4.78 is 13.6. The molecule has 0 N–H and O–H groups in total. The molecule has 3 aromatic heterocycles. The van der Waals surface area contributed by atoms with E-state index in [1.807, 2.05) is 86.1 Å². The zero-order chi connectivity index (χ0) is 25.8. The van der Waals surface area contributed by atoms with Crippen LogP contribution in [0.1, 0.15) is 32.4 Å². The van der Waals surface area contributed by atoms with Crippen molar-refractivity contribution in [2.24, 2.45) is 0 Å². The second-order valence-corrected chi connectivity index (χ2v) is 10.0. The third kappa shape index (κ3) is 5.63. The monoisotopic (exact) mass is 531 g/mol. The van der Waals surface area contributed by atoms with Crippen LogP contribution in [0.3, 0.4) is 0 Å². The first-order valence-electron chi connectivity index (χ1n) is 11.8. The first kappa shape index (κ1) is 24.9. The van der Waals surface area contributed by atoms with Gasteiger partial charge in [0.15, 0.2) is 0 Å². The highest BCUT2D eigenvalue weighted by molar-refractivity contribution is 7.09. The Morgan fingerprint density at radius 2 is 1.89 bits per heavy atom. The molecule has 0 spiro atoms. The number of para-hydroxylation sites is 1.